The van der Waals surface area contributed by atoms with Crippen LogP contribution in [0.15, 0.2) is 42.5 Å². The first kappa shape index (κ1) is 9.67. The zero-order valence-electron chi connectivity index (χ0n) is 9.25. The van der Waals surface area contributed by atoms with E-state index in [0.717, 1.165) is 9.52 Å². The van der Waals surface area contributed by atoms with Crippen LogP contribution in [0.1, 0.15) is 6.92 Å². The molecule has 0 saturated heterocycles. The minimum Gasteiger partial charge on any atom is -0.355 e. The van der Waals surface area contributed by atoms with Crippen molar-refractivity contribution in [3.63, 3.8) is 0 Å². The van der Waals surface area contributed by atoms with Crippen LogP contribution in [0, 0.1) is 0 Å². The summed E-state index contributed by atoms with van der Waals surface area (Å²) in [4.78, 5) is 3.48. The molecule has 1 N–H and O–H groups in total. The maximum Gasteiger partial charge on any atom is 0.0806 e. The summed E-state index contributed by atoms with van der Waals surface area (Å²) in [7, 11) is 0.917. The van der Waals surface area contributed by atoms with Gasteiger partial charge in [0.1, 0.15) is 0 Å². The summed E-state index contributed by atoms with van der Waals surface area (Å²) in [5.41, 5.74) is 2.49. The van der Waals surface area contributed by atoms with Gasteiger partial charge in [0.15, 0.2) is 0 Å². The molecule has 0 unspecified atom stereocenters. The molecule has 0 aliphatic heterocycles. The standard InChI is InChI=1S/C14H13NSi/c1-2-16-10-7-8-12-11-5-3-4-6-13(11)15-14(12)9-10/h3-9,15H,2H2,1H3. The van der Waals surface area contributed by atoms with Gasteiger partial charge in [0.05, 0.1) is 9.52 Å². The minimum atomic E-state index is 0.917. The van der Waals surface area contributed by atoms with Crippen molar-refractivity contribution in [1.82, 2.24) is 4.98 Å². The van der Waals surface area contributed by atoms with Gasteiger partial charge in [-0.2, -0.15) is 0 Å². The molecule has 1 heterocycles. The van der Waals surface area contributed by atoms with Crippen LogP contribution in [-0.4, -0.2) is 14.5 Å². The highest BCUT2D eigenvalue weighted by atomic mass is 28.2. The van der Waals surface area contributed by atoms with Gasteiger partial charge in [0.2, 0.25) is 0 Å². The van der Waals surface area contributed by atoms with Crippen molar-refractivity contribution in [2.24, 2.45) is 0 Å². The van der Waals surface area contributed by atoms with Gasteiger partial charge in [-0.3, -0.25) is 0 Å². The number of benzene rings is 2. The topological polar surface area (TPSA) is 15.8 Å². The second-order valence-electron chi connectivity index (χ2n) is 3.96. The second-order valence-corrected chi connectivity index (χ2v) is 5.60. The molecule has 3 aromatic rings. The summed E-state index contributed by atoms with van der Waals surface area (Å²) >= 11 is 0. The predicted molar refractivity (Wildman–Crippen MR) is 71.7 cm³/mol. The highest BCUT2D eigenvalue weighted by Crippen LogP contribution is 2.23. The molecule has 0 amide bonds. The molecule has 78 valence electrons. The number of aromatic amines is 1. The third-order valence-corrected chi connectivity index (χ3v) is 3.96. The Hall–Kier alpha value is -1.54. The summed E-state index contributed by atoms with van der Waals surface area (Å²) in [5.74, 6) is 0. The Labute approximate surface area is 97.3 Å². The Morgan fingerprint density at radius 2 is 1.81 bits per heavy atom. The maximum absolute atomic E-state index is 3.48. The fourth-order valence-electron chi connectivity index (χ4n) is 2.17. The van der Waals surface area contributed by atoms with Gasteiger partial charge in [-0.15, -0.1) is 0 Å². The molecule has 0 aliphatic carbocycles. The lowest BCUT2D eigenvalue weighted by molar-refractivity contribution is 1.46. The zero-order valence-corrected chi connectivity index (χ0v) is 10.2. The number of para-hydroxylation sites is 1. The van der Waals surface area contributed by atoms with Crippen molar-refractivity contribution >= 4 is 36.5 Å². The van der Waals surface area contributed by atoms with E-state index >= 15 is 0 Å². The lowest BCUT2D eigenvalue weighted by atomic mass is 10.1. The quantitative estimate of drug-likeness (QED) is 0.643. The van der Waals surface area contributed by atoms with E-state index in [-0.39, 0.29) is 0 Å². The van der Waals surface area contributed by atoms with Crippen molar-refractivity contribution in [1.29, 1.82) is 0 Å². The van der Waals surface area contributed by atoms with Gasteiger partial charge in [-0.05, 0) is 12.1 Å². The fraction of sp³-hybridized carbons (Fsp3) is 0.143. The van der Waals surface area contributed by atoms with Crippen LogP contribution in [0.2, 0.25) is 6.04 Å². The number of nitrogens with one attached hydrogen (secondary N) is 1. The molecule has 0 fully saturated rings. The van der Waals surface area contributed by atoms with Gasteiger partial charge in [-0.25, -0.2) is 0 Å². The lowest BCUT2D eigenvalue weighted by Gasteiger charge is -1.97. The Bertz CT molecular complexity index is 639. The summed E-state index contributed by atoms with van der Waals surface area (Å²) in [6.45, 7) is 2.23. The van der Waals surface area contributed by atoms with E-state index < -0.39 is 0 Å². The molecule has 0 saturated carbocycles. The summed E-state index contributed by atoms with van der Waals surface area (Å²) in [5, 5.41) is 4.10. The van der Waals surface area contributed by atoms with E-state index in [9.17, 15) is 0 Å². The Balaban J connectivity index is 2.28. The molecule has 0 atom stereocenters. The second kappa shape index (κ2) is 3.80. The van der Waals surface area contributed by atoms with Gasteiger partial charge in [0.25, 0.3) is 0 Å². The number of fused-ring (bicyclic) bond motifs is 3. The van der Waals surface area contributed by atoms with Gasteiger partial charge in [-0.1, -0.05) is 48.5 Å². The highest BCUT2D eigenvalue weighted by Gasteiger charge is 2.03. The number of aromatic nitrogens is 1. The van der Waals surface area contributed by atoms with Crippen molar-refractivity contribution in [3.05, 3.63) is 42.5 Å². The SMILES string of the molecule is CC[Si]c1ccc2c(c1)[nH]c1ccccc12. The Kier molecular flexibility index (Phi) is 2.29. The first-order valence-corrected chi connectivity index (χ1v) is 6.83. The molecule has 2 heteroatoms. The lowest BCUT2D eigenvalue weighted by Crippen LogP contribution is -2.11. The van der Waals surface area contributed by atoms with E-state index in [0.29, 0.717) is 0 Å². The van der Waals surface area contributed by atoms with Crippen LogP contribution in [0.4, 0.5) is 0 Å². The summed E-state index contributed by atoms with van der Waals surface area (Å²) in [6.07, 6.45) is 0. The van der Waals surface area contributed by atoms with Crippen LogP contribution in [0.5, 0.6) is 0 Å². The van der Waals surface area contributed by atoms with E-state index in [1.165, 1.54) is 33.0 Å². The molecule has 0 bridgehead atoms. The Morgan fingerprint density at radius 1 is 1.00 bits per heavy atom. The number of hydrogen-bond acceptors (Lipinski definition) is 0. The predicted octanol–water partition coefficient (Wildman–Crippen LogP) is 3.09. The third-order valence-electron chi connectivity index (χ3n) is 2.89. The molecule has 1 nitrogen and oxygen atoms in total. The van der Waals surface area contributed by atoms with Crippen LogP contribution < -0.4 is 5.19 Å². The van der Waals surface area contributed by atoms with Gasteiger partial charge in [0, 0.05) is 21.8 Å². The Morgan fingerprint density at radius 3 is 2.69 bits per heavy atom. The number of H-pyrrole nitrogens is 1. The molecule has 3 rings (SSSR count). The molecular weight excluding hydrogens is 210 g/mol. The normalized spacial score (nSPS) is 11.3. The zero-order chi connectivity index (χ0) is 11.0. The van der Waals surface area contributed by atoms with E-state index in [2.05, 4.69) is 54.4 Å². The van der Waals surface area contributed by atoms with Crippen molar-refractivity contribution in [3.8, 4) is 0 Å². The number of hydrogen-bond donors (Lipinski definition) is 1. The molecule has 2 radical (unpaired) electrons. The van der Waals surface area contributed by atoms with Crippen molar-refractivity contribution in [2.75, 3.05) is 0 Å². The molecule has 0 spiro atoms. The summed E-state index contributed by atoms with van der Waals surface area (Å²) < 4.78 is 0. The van der Waals surface area contributed by atoms with Crippen molar-refractivity contribution in [2.45, 2.75) is 13.0 Å². The molecular formula is C14H13NSi. The average molecular weight is 223 g/mol. The smallest absolute Gasteiger partial charge is 0.0806 e. The third kappa shape index (κ3) is 1.46. The first-order valence-electron chi connectivity index (χ1n) is 5.63. The van der Waals surface area contributed by atoms with E-state index in [4.69, 9.17) is 0 Å². The van der Waals surface area contributed by atoms with E-state index in [1.807, 2.05) is 0 Å². The molecule has 16 heavy (non-hydrogen) atoms. The highest BCUT2D eigenvalue weighted by molar-refractivity contribution is 6.53. The average Bonchev–Trinajstić information content (AvgIpc) is 2.67. The van der Waals surface area contributed by atoms with Crippen LogP contribution in [0.25, 0.3) is 21.8 Å². The van der Waals surface area contributed by atoms with Gasteiger partial charge >= 0.3 is 0 Å². The minimum absolute atomic E-state index is 0.917. The largest absolute Gasteiger partial charge is 0.355 e. The monoisotopic (exact) mass is 223 g/mol. The van der Waals surface area contributed by atoms with Crippen LogP contribution in [0.3, 0.4) is 0 Å². The summed E-state index contributed by atoms with van der Waals surface area (Å²) in [6, 6.07) is 16.5. The first-order chi connectivity index (χ1) is 7.88. The fourth-order valence-corrected chi connectivity index (χ4v) is 3.02. The van der Waals surface area contributed by atoms with Crippen molar-refractivity contribution < 1.29 is 0 Å². The van der Waals surface area contributed by atoms with Crippen LogP contribution in [-0.2, 0) is 0 Å². The van der Waals surface area contributed by atoms with Crippen LogP contribution >= 0.6 is 0 Å². The molecule has 2 aromatic carbocycles. The van der Waals surface area contributed by atoms with E-state index in [1.54, 1.807) is 0 Å². The molecule has 1 aromatic heterocycles. The molecule has 0 aliphatic rings. The van der Waals surface area contributed by atoms with Gasteiger partial charge < -0.3 is 4.98 Å². The number of rotatable bonds is 2. The maximum atomic E-state index is 3.48.